The number of carbonyl (C=O) groups is 1. The highest BCUT2D eigenvalue weighted by Gasteiger charge is 2.17. The number of amides is 1. The van der Waals surface area contributed by atoms with E-state index in [0.29, 0.717) is 12.5 Å². The van der Waals surface area contributed by atoms with Crippen molar-refractivity contribution >= 4 is 5.91 Å². The summed E-state index contributed by atoms with van der Waals surface area (Å²) in [7, 11) is 0. The van der Waals surface area contributed by atoms with Crippen LogP contribution in [-0.4, -0.2) is 30.4 Å². The molecule has 0 radical (unpaired) electrons. The summed E-state index contributed by atoms with van der Waals surface area (Å²) in [5.41, 5.74) is 1.09. The van der Waals surface area contributed by atoms with Crippen LogP contribution < -0.4 is 5.32 Å². The second-order valence-corrected chi connectivity index (χ2v) is 3.94. The van der Waals surface area contributed by atoms with Crippen LogP contribution in [0, 0.1) is 5.92 Å². The minimum atomic E-state index is 0.108. The maximum atomic E-state index is 11.1. The Labute approximate surface area is 79.8 Å². The van der Waals surface area contributed by atoms with Gasteiger partial charge < -0.3 is 10.2 Å². The van der Waals surface area contributed by atoms with E-state index in [2.05, 4.69) is 30.6 Å². The molecule has 1 amide bonds. The smallest absolute Gasteiger partial charge is 0.239 e. The molecule has 1 N–H and O–H groups in total. The molecule has 0 atom stereocenters. The fourth-order valence-corrected chi connectivity index (χ4v) is 1.51. The number of rotatable bonds is 3. The lowest BCUT2D eigenvalue weighted by Crippen LogP contribution is -2.46. The summed E-state index contributed by atoms with van der Waals surface area (Å²) in [6.45, 7) is 10.4. The minimum absolute atomic E-state index is 0.108. The maximum absolute atomic E-state index is 11.1. The maximum Gasteiger partial charge on any atom is 0.239 e. The van der Waals surface area contributed by atoms with E-state index in [4.69, 9.17) is 0 Å². The summed E-state index contributed by atoms with van der Waals surface area (Å²) in [6.07, 6.45) is 0.979. The van der Waals surface area contributed by atoms with Crippen molar-refractivity contribution in [1.82, 2.24) is 10.2 Å². The number of carbonyl (C=O) groups excluding carboxylic acids is 1. The van der Waals surface area contributed by atoms with Crippen LogP contribution in [0.4, 0.5) is 0 Å². The Morgan fingerprint density at radius 2 is 2.38 bits per heavy atom. The Balaban J connectivity index is 2.41. The van der Waals surface area contributed by atoms with Crippen LogP contribution >= 0.6 is 0 Å². The molecule has 3 heteroatoms. The molecule has 0 aliphatic carbocycles. The van der Waals surface area contributed by atoms with Crippen LogP contribution in [-0.2, 0) is 4.79 Å². The van der Waals surface area contributed by atoms with Crippen molar-refractivity contribution < 1.29 is 4.79 Å². The van der Waals surface area contributed by atoms with Crippen molar-refractivity contribution in [3.05, 3.63) is 12.3 Å². The number of nitrogens with one attached hydrogen (secondary N) is 1. The van der Waals surface area contributed by atoms with E-state index in [1.165, 1.54) is 0 Å². The highest BCUT2D eigenvalue weighted by Crippen LogP contribution is 2.13. The van der Waals surface area contributed by atoms with E-state index in [0.717, 1.165) is 25.2 Å². The summed E-state index contributed by atoms with van der Waals surface area (Å²) in [6, 6.07) is 0. The monoisotopic (exact) mass is 182 g/mol. The number of hydrogen-bond donors (Lipinski definition) is 1. The predicted molar refractivity (Wildman–Crippen MR) is 53.2 cm³/mol. The van der Waals surface area contributed by atoms with Crippen LogP contribution in [0.15, 0.2) is 12.3 Å². The van der Waals surface area contributed by atoms with E-state index in [-0.39, 0.29) is 5.91 Å². The molecule has 0 aromatic rings. The molecule has 1 heterocycles. The molecule has 0 aromatic heterocycles. The van der Waals surface area contributed by atoms with E-state index in [9.17, 15) is 4.79 Å². The lowest BCUT2D eigenvalue weighted by atomic mass is 10.1. The molecule has 1 fully saturated rings. The summed E-state index contributed by atoms with van der Waals surface area (Å²) in [4.78, 5) is 13.1. The molecule has 0 aromatic carbocycles. The molecule has 1 aliphatic heterocycles. The molecular formula is C10H18N2O. The average molecular weight is 182 g/mol. The molecule has 1 aliphatic rings. The first-order chi connectivity index (χ1) is 6.09. The van der Waals surface area contributed by atoms with Gasteiger partial charge in [0, 0.05) is 18.8 Å². The van der Waals surface area contributed by atoms with Crippen molar-refractivity contribution in [2.45, 2.75) is 20.3 Å². The Bertz CT molecular complexity index is 211. The summed E-state index contributed by atoms with van der Waals surface area (Å²) in [5, 5.41) is 2.80. The van der Waals surface area contributed by atoms with E-state index in [1.807, 2.05) is 0 Å². The zero-order valence-electron chi connectivity index (χ0n) is 8.47. The van der Waals surface area contributed by atoms with Gasteiger partial charge in [-0.1, -0.05) is 20.4 Å². The fraction of sp³-hybridized carbons (Fsp3) is 0.700. The molecule has 74 valence electrons. The number of piperazine rings is 1. The van der Waals surface area contributed by atoms with Gasteiger partial charge in [0.25, 0.3) is 0 Å². The molecule has 3 nitrogen and oxygen atoms in total. The summed E-state index contributed by atoms with van der Waals surface area (Å²) in [5.74, 6) is 0.716. The summed E-state index contributed by atoms with van der Waals surface area (Å²) < 4.78 is 0. The van der Waals surface area contributed by atoms with Gasteiger partial charge in [-0.05, 0) is 12.3 Å². The van der Waals surface area contributed by atoms with Gasteiger partial charge in [0.05, 0.1) is 6.54 Å². The number of allylic oxidation sites excluding steroid dienone is 1. The molecular weight excluding hydrogens is 164 g/mol. The number of nitrogens with zero attached hydrogens (tertiary/aromatic N) is 1. The van der Waals surface area contributed by atoms with Gasteiger partial charge in [0.1, 0.15) is 0 Å². The molecule has 0 saturated carbocycles. The van der Waals surface area contributed by atoms with Gasteiger partial charge in [-0.2, -0.15) is 0 Å². The first kappa shape index (κ1) is 10.1. The first-order valence-electron chi connectivity index (χ1n) is 4.79. The minimum Gasteiger partial charge on any atom is -0.364 e. The van der Waals surface area contributed by atoms with E-state index >= 15 is 0 Å². The van der Waals surface area contributed by atoms with Crippen LogP contribution in [0.2, 0.25) is 0 Å². The zero-order chi connectivity index (χ0) is 9.84. The highest BCUT2D eigenvalue weighted by atomic mass is 16.2. The zero-order valence-corrected chi connectivity index (χ0v) is 8.47. The Morgan fingerprint density at radius 1 is 1.69 bits per heavy atom. The molecule has 1 rings (SSSR count). The fourth-order valence-electron chi connectivity index (χ4n) is 1.51. The third-order valence-electron chi connectivity index (χ3n) is 2.13. The molecule has 0 bridgehead atoms. The van der Waals surface area contributed by atoms with Gasteiger partial charge in [0.2, 0.25) is 5.91 Å². The van der Waals surface area contributed by atoms with Gasteiger partial charge in [-0.25, -0.2) is 0 Å². The Morgan fingerprint density at radius 3 is 2.92 bits per heavy atom. The van der Waals surface area contributed by atoms with Crippen molar-refractivity contribution in [1.29, 1.82) is 0 Å². The lowest BCUT2D eigenvalue weighted by molar-refractivity contribution is -0.123. The normalized spacial score (nSPS) is 17.5. The number of hydrogen-bond acceptors (Lipinski definition) is 2. The predicted octanol–water partition coefficient (Wildman–Crippen LogP) is 0.978. The van der Waals surface area contributed by atoms with Crippen LogP contribution in [0.25, 0.3) is 0 Å². The molecule has 0 spiro atoms. The Kier molecular flexibility index (Phi) is 3.34. The van der Waals surface area contributed by atoms with Crippen molar-refractivity contribution in [3.8, 4) is 0 Å². The second-order valence-electron chi connectivity index (χ2n) is 3.94. The SMILES string of the molecule is C=C(CC(C)C)N1CCNC(=O)C1. The third-order valence-corrected chi connectivity index (χ3v) is 2.13. The van der Waals surface area contributed by atoms with E-state index in [1.54, 1.807) is 0 Å². The van der Waals surface area contributed by atoms with Gasteiger partial charge in [-0.3, -0.25) is 4.79 Å². The van der Waals surface area contributed by atoms with Crippen LogP contribution in [0.1, 0.15) is 20.3 Å². The quantitative estimate of drug-likeness (QED) is 0.705. The largest absolute Gasteiger partial charge is 0.364 e. The van der Waals surface area contributed by atoms with E-state index < -0.39 is 0 Å². The molecule has 1 saturated heterocycles. The van der Waals surface area contributed by atoms with Crippen LogP contribution in [0.5, 0.6) is 0 Å². The van der Waals surface area contributed by atoms with Gasteiger partial charge >= 0.3 is 0 Å². The van der Waals surface area contributed by atoms with Crippen molar-refractivity contribution in [2.24, 2.45) is 5.92 Å². The van der Waals surface area contributed by atoms with Gasteiger partial charge in [-0.15, -0.1) is 0 Å². The standard InChI is InChI=1S/C10H18N2O/c1-8(2)6-9(3)12-5-4-11-10(13)7-12/h8H,3-7H2,1-2H3,(H,11,13). The first-order valence-corrected chi connectivity index (χ1v) is 4.79. The lowest BCUT2D eigenvalue weighted by Gasteiger charge is -2.30. The van der Waals surface area contributed by atoms with Gasteiger partial charge in [0.15, 0.2) is 0 Å². The molecule has 0 unspecified atom stereocenters. The van der Waals surface area contributed by atoms with Crippen molar-refractivity contribution in [3.63, 3.8) is 0 Å². The molecule has 13 heavy (non-hydrogen) atoms. The van der Waals surface area contributed by atoms with Crippen LogP contribution in [0.3, 0.4) is 0 Å². The van der Waals surface area contributed by atoms with Crippen molar-refractivity contribution in [2.75, 3.05) is 19.6 Å². The summed E-state index contributed by atoms with van der Waals surface area (Å²) >= 11 is 0. The second kappa shape index (κ2) is 4.30. The Hall–Kier alpha value is -0.990. The topological polar surface area (TPSA) is 32.3 Å². The average Bonchev–Trinajstić information content (AvgIpc) is 2.03. The third kappa shape index (κ3) is 3.09. The highest BCUT2D eigenvalue weighted by molar-refractivity contribution is 5.78.